The second kappa shape index (κ2) is 4.38. The first-order valence-electron chi connectivity index (χ1n) is 4.59. The van der Waals surface area contributed by atoms with Crippen LogP contribution in [0.4, 0.5) is 8.78 Å². The van der Waals surface area contributed by atoms with E-state index < -0.39 is 23.5 Å². The smallest absolute Gasteiger partial charge is 0.306 e. The first kappa shape index (κ1) is 11.6. The fraction of sp³-hybridized carbons (Fsp3) is 0.364. The lowest BCUT2D eigenvalue weighted by atomic mass is 9.97. The van der Waals surface area contributed by atoms with Crippen LogP contribution in [0.15, 0.2) is 12.1 Å². The molecule has 1 rings (SSSR count). The maximum absolute atomic E-state index is 13.1. The molecule has 0 spiro atoms. The van der Waals surface area contributed by atoms with E-state index in [4.69, 9.17) is 5.11 Å². The molecular weight excluding hydrogens is 202 g/mol. The van der Waals surface area contributed by atoms with Crippen molar-refractivity contribution in [3.05, 3.63) is 34.9 Å². The summed E-state index contributed by atoms with van der Waals surface area (Å²) in [5, 5.41) is 8.69. The highest BCUT2D eigenvalue weighted by Gasteiger charge is 2.15. The molecule has 0 aliphatic heterocycles. The van der Waals surface area contributed by atoms with Crippen molar-refractivity contribution < 1.29 is 18.7 Å². The third-order valence-electron chi connectivity index (χ3n) is 2.36. The van der Waals surface area contributed by atoms with E-state index in [1.165, 1.54) is 19.9 Å². The van der Waals surface area contributed by atoms with E-state index >= 15 is 0 Å². The zero-order chi connectivity index (χ0) is 11.6. The second-order valence-corrected chi connectivity index (χ2v) is 3.62. The molecule has 1 aromatic carbocycles. The second-order valence-electron chi connectivity index (χ2n) is 3.62. The molecule has 1 aromatic rings. The molecule has 1 N–H and O–H groups in total. The number of carboxylic acid groups (broad SMARTS) is 1. The standard InChI is InChI=1S/C11H12F2O2/c1-6(11(14)15)3-8-4-9(12)5-10(13)7(8)2/h4-6H,3H2,1-2H3,(H,14,15). The summed E-state index contributed by atoms with van der Waals surface area (Å²) in [5.74, 6) is -2.93. The van der Waals surface area contributed by atoms with Crippen LogP contribution in [-0.2, 0) is 11.2 Å². The lowest BCUT2D eigenvalue weighted by Crippen LogP contribution is -2.13. The van der Waals surface area contributed by atoms with Crippen LogP contribution >= 0.6 is 0 Å². The minimum Gasteiger partial charge on any atom is -0.481 e. The van der Waals surface area contributed by atoms with Gasteiger partial charge in [0.05, 0.1) is 5.92 Å². The number of hydrogen-bond acceptors (Lipinski definition) is 1. The van der Waals surface area contributed by atoms with Crippen molar-refractivity contribution >= 4 is 5.97 Å². The number of benzene rings is 1. The van der Waals surface area contributed by atoms with Gasteiger partial charge >= 0.3 is 5.97 Å². The van der Waals surface area contributed by atoms with Gasteiger partial charge in [-0.1, -0.05) is 6.92 Å². The fourth-order valence-electron chi connectivity index (χ4n) is 1.33. The molecule has 0 bridgehead atoms. The van der Waals surface area contributed by atoms with Crippen molar-refractivity contribution in [1.82, 2.24) is 0 Å². The molecule has 0 heterocycles. The lowest BCUT2D eigenvalue weighted by Gasteiger charge is -2.10. The Kier molecular flexibility index (Phi) is 3.39. The number of carboxylic acids is 1. The van der Waals surface area contributed by atoms with Crippen LogP contribution in [0.5, 0.6) is 0 Å². The molecule has 0 saturated carbocycles. The average Bonchev–Trinajstić information content (AvgIpc) is 2.13. The van der Waals surface area contributed by atoms with E-state index in [1.54, 1.807) is 0 Å². The molecule has 0 saturated heterocycles. The largest absolute Gasteiger partial charge is 0.481 e. The summed E-state index contributed by atoms with van der Waals surface area (Å²) in [6.45, 7) is 3.02. The Morgan fingerprint density at radius 3 is 2.60 bits per heavy atom. The maximum Gasteiger partial charge on any atom is 0.306 e. The zero-order valence-electron chi connectivity index (χ0n) is 8.55. The van der Waals surface area contributed by atoms with Crippen LogP contribution in [-0.4, -0.2) is 11.1 Å². The minimum atomic E-state index is -0.973. The van der Waals surface area contributed by atoms with Gasteiger partial charge in [0.15, 0.2) is 0 Å². The predicted molar refractivity (Wildman–Crippen MR) is 51.6 cm³/mol. The number of hydrogen-bond donors (Lipinski definition) is 1. The van der Waals surface area contributed by atoms with Crippen LogP contribution < -0.4 is 0 Å². The Hall–Kier alpha value is -1.45. The molecule has 15 heavy (non-hydrogen) atoms. The topological polar surface area (TPSA) is 37.3 Å². The van der Waals surface area contributed by atoms with Crippen LogP contribution in [0.25, 0.3) is 0 Å². The van der Waals surface area contributed by atoms with Crippen LogP contribution in [0, 0.1) is 24.5 Å². The predicted octanol–water partition coefficient (Wildman–Crippen LogP) is 2.54. The summed E-state index contributed by atoms with van der Waals surface area (Å²) in [4.78, 5) is 10.6. The first-order chi connectivity index (χ1) is 6.91. The third-order valence-corrected chi connectivity index (χ3v) is 2.36. The average molecular weight is 214 g/mol. The summed E-state index contributed by atoms with van der Waals surface area (Å²) in [7, 11) is 0. The van der Waals surface area contributed by atoms with Crippen molar-refractivity contribution in [3.8, 4) is 0 Å². The van der Waals surface area contributed by atoms with Gasteiger partial charge in [-0.2, -0.15) is 0 Å². The van der Waals surface area contributed by atoms with Gasteiger partial charge in [0.25, 0.3) is 0 Å². The molecule has 0 radical (unpaired) electrons. The van der Waals surface area contributed by atoms with Gasteiger partial charge in [0, 0.05) is 6.07 Å². The molecule has 0 aromatic heterocycles. The molecule has 0 amide bonds. The monoisotopic (exact) mass is 214 g/mol. The molecule has 2 nitrogen and oxygen atoms in total. The Balaban J connectivity index is 2.99. The van der Waals surface area contributed by atoms with Gasteiger partial charge in [0.1, 0.15) is 11.6 Å². The van der Waals surface area contributed by atoms with Gasteiger partial charge < -0.3 is 5.11 Å². The molecule has 82 valence electrons. The number of carbonyl (C=O) groups is 1. The molecule has 1 unspecified atom stereocenters. The first-order valence-corrected chi connectivity index (χ1v) is 4.59. The highest BCUT2D eigenvalue weighted by atomic mass is 19.1. The molecule has 1 atom stereocenters. The van der Waals surface area contributed by atoms with Gasteiger partial charge in [-0.25, -0.2) is 8.78 Å². The Bertz CT molecular complexity index is 388. The van der Waals surface area contributed by atoms with Crippen molar-refractivity contribution in [3.63, 3.8) is 0 Å². The van der Waals surface area contributed by atoms with E-state index in [-0.39, 0.29) is 6.42 Å². The van der Waals surface area contributed by atoms with E-state index in [2.05, 4.69) is 0 Å². The third kappa shape index (κ3) is 2.75. The normalized spacial score (nSPS) is 12.5. The minimum absolute atomic E-state index is 0.135. The molecule has 0 aliphatic carbocycles. The van der Waals surface area contributed by atoms with Crippen molar-refractivity contribution in [2.45, 2.75) is 20.3 Å². The highest BCUT2D eigenvalue weighted by Crippen LogP contribution is 2.18. The Labute approximate surface area is 86.5 Å². The van der Waals surface area contributed by atoms with E-state index in [9.17, 15) is 13.6 Å². The van der Waals surface area contributed by atoms with Gasteiger partial charge in [-0.3, -0.25) is 4.79 Å². The number of aliphatic carboxylic acids is 1. The van der Waals surface area contributed by atoms with Crippen molar-refractivity contribution in [1.29, 1.82) is 0 Å². The Morgan fingerprint density at radius 2 is 2.07 bits per heavy atom. The lowest BCUT2D eigenvalue weighted by molar-refractivity contribution is -0.141. The SMILES string of the molecule is Cc1c(F)cc(F)cc1CC(C)C(=O)O. The number of halogens is 2. The summed E-state index contributed by atoms with van der Waals surface area (Å²) in [6.07, 6.45) is 0.135. The van der Waals surface area contributed by atoms with Gasteiger partial charge in [0.2, 0.25) is 0 Å². The summed E-state index contributed by atoms with van der Waals surface area (Å²) < 4.78 is 26.0. The van der Waals surface area contributed by atoms with Gasteiger partial charge in [-0.05, 0) is 30.5 Å². The fourth-order valence-corrected chi connectivity index (χ4v) is 1.33. The van der Waals surface area contributed by atoms with Crippen LogP contribution in [0.1, 0.15) is 18.1 Å². The van der Waals surface area contributed by atoms with Crippen molar-refractivity contribution in [2.75, 3.05) is 0 Å². The maximum atomic E-state index is 13.1. The summed E-state index contributed by atoms with van der Waals surface area (Å²) >= 11 is 0. The Morgan fingerprint density at radius 1 is 1.47 bits per heavy atom. The quantitative estimate of drug-likeness (QED) is 0.839. The van der Waals surface area contributed by atoms with Crippen LogP contribution in [0.2, 0.25) is 0 Å². The zero-order valence-corrected chi connectivity index (χ0v) is 8.55. The van der Waals surface area contributed by atoms with E-state index in [0.717, 1.165) is 6.07 Å². The molecule has 4 heteroatoms. The summed E-state index contributed by atoms with van der Waals surface area (Å²) in [6, 6.07) is 1.97. The summed E-state index contributed by atoms with van der Waals surface area (Å²) in [5.41, 5.74) is 0.715. The van der Waals surface area contributed by atoms with E-state index in [1.807, 2.05) is 0 Å². The molecule has 0 fully saturated rings. The van der Waals surface area contributed by atoms with Gasteiger partial charge in [-0.15, -0.1) is 0 Å². The number of rotatable bonds is 3. The van der Waals surface area contributed by atoms with E-state index in [0.29, 0.717) is 11.1 Å². The van der Waals surface area contributed by atoms with Crippen molar-refractivity contribution in [2.24, 2.45) is 5.92 Å². The van der Waals surface area contributed by atoms with Crippen LogP contribution in [0.3, 0.4) is 0 Å². The molecular formula is C11H12F2O2. The molecule has 0 aliphatic rings. The highest BCUT2D eigenvalue weighted by molar-refractivity contribution is 5.70.